The molecule has 0 saturated heterocycles. The molecule has 1 heterocycles. The van der Waals surface area contributed by atoms with Gasteiger partial charge in [0.15, 0.2) is 0 Å². The number of anilines is 1. The Morgan fingerprint density at radius 3 is 2.63 bits per heavy atom. The van der Waals surface area contributed by atoms with Gasteiger partial charge in [0.1, 0.15) is 10.7 Å². The van der Waals surface area contributed by atoms with Gasteiger partial charge in [0.25, 0.3) is 0 Å². The maximum Gasteiger partial charge on any atom is 0.221 e. The highest BCUT2D eigenvalue weighted by atomic mass is 35.5. The van der Waals surface area contributed by atoms with E-state index in [2.05, 4.69) is 10.5 Å². The predicted octanol–water partition coefficient (Wildman–Crippen LogP) is 3.59. The highest BCUT2D eigenvalue weighted by Gasteiger charge is 2.16. The van der Waals surface area contributed by atoms with Gasteiger partial charge in [0.2, 0.25) is 5.91 Å². The van der Waals surface area contributed by atoms with Crippen molar-refractivity contribution >= 4 is 39.6 Å². The zero-order valence-electron chi connectivity index (χ0n) is 10.1. The van der Waals surface area contributed by atoms with Gasteiger partial charge in [-0.1, -0.05) is 47.1 Å². The van der Waals surface area contributed by atoms with Crippen molar-refractivity contribution in [2.75, 3.05) is 5.32 Å². The molecule has 0 bridgehead atoms. The van der Waals surface area contributed by atoms with E-state index in [9.17, 15) is 10.0 Å². The van der Waals surface area contributed by atoms with E-state index >= 15 is 0 Å². The molecule has 2 aromatic rings. The van der Waals surface area contributed by atoms with Gasteiger partial charge >= 0.3 is 0 Å². The largest absolute Gasteiger partial charge is 0.410 e. The minimum atomic E-state index is -0.204. The molecular weight excluding hydrogens is 284 g/mol. The summed E-state index contributed by atoms with van der Waals surface area (Å²) in [5.74, 6) is -0.204. The smallest absolute Gasteiger partial charge is 0.221 e. The van der Waals surface area contributed by atoms with Crippen molar-refractivity contribution in [2.24, 2.45) is 5.16 Å². The van der Waals surface area contributed by atoms with E-state index in [1.807, 2.05) is 30.3 Å². The molecule has 0 aliphatic rings. The summed E-state index contributed by atoms with van der Waals surface area (Å²) in [5.41, 5.74) is 1.71. The number of carbonyl (C=O) groups excluding carboxylic acids is 1. The first-order valence-corrected chi connectivity index (χ1v) is 6.66. The quantitative estimate of drug-likeness (QED) is 0.516. The second kappa shape index (κ2) is 5.86. The van der Waals surface area contributed by atoms with Crippen LogP contribution < -0.4 is 5.32 Å². The molecule has 1 aromatic heterocycles. The van der Waals surface area contributed by atoms with Crippen LogP contribution >= 0.6 is 22.9 Å². The first-order valence-electron chi connectivity index (χ1n) is 5.46. The fourth-order valence-electron chi connectivity index (χ4n) is 1.65. The molecule has 0 radical (unpaired) electrons. The van der Waals surface area contributed by atoms with Crippen LogP contribution in [0, 0.1) is 0 Å². The Kier molecular flexibility index (Phi) is 4.19. The summed E-state index contributed by atoms with van der Waals surface area (Å²) in [6.45, 7) is 1.41. The maximum absolute atomic E-state index is 11.2. The first kappa shape index (κ1) is 13.6. The van der Waals surface area contributed by atoms with Crippen molar-refractivity contribution < 1.29 is 10.0 Å². The van der Waals surface area contributed by atoms with Crippen LogP contribution in [0.4, 0.5) is 5.00 Å². The SMILES string of the molecule is CC(=O)Nc1sc(Cl)cc1/C(=N/O)c1ccccc1. The number of nitrogens with zero attached hydrogens (tertiary/aromatic N) is 1. The van der Waals surface area contributed by atoms with Gasteiger partial charge in [-0.15, -0.1) is 11.3 Å². The van der Waals surface area contributed by atoms with E-state index in [0.717, 1.165) is 5.56 Å². The van der Waals surface area contributed by atoms with E-state index in [0.29, 0.717) is 20.6 Å². The van der Waals surface area contributed by atoms with E-state index in [1.54, 1.807) is 6.07 Å². The third-order valence-corrected chi connectivity index (χ3v) is 3.57. The minimum Gasteiger partial charge on any atom is -0.410 e. The summed E-state index contributed by atoms with van der Waals surface area (Å²) in [4.78, 5) is 11.2. The second-order valence-electron chi connectivity index (χ2n) is 3.79. The summed E-state index contributed by atoms with van der Waals surface area (Å²) >= 11 is 7.19. The molecule has 2 rings (SSSR count). The Morgan fingerprint density at radius 1 is 1.37 bits per heavy atom. The predicted molar refractivity (Wildman–Crippen MR) is 77.5 cm³/mol. The van der Waals surface area contributed by atoms with Crippen LogP contribution in [0.15, 0.2) is 41.6 Å². The van der Waals surface area contributed by atoms with Crippen LogP contribution in [0.2, 0.25) is 4.34 Å². The Bertz CT molecular complexity index is 623. The number of thiophene rings is 1. The van der Waals surface area contributed by atoms with Crippen molar-refractivity contribution in [2.45, 2.75) is 6.92 Å². The first-order chi connectivity index (χ1) is 9.11. The van der Waals surface area contributed by atoms with E-state index in [-0.39, 0.29) is 5.91 Å². The molecule has 0 aliphatic carbocycles. The van der Waals surface area contributed by atoms with Gasteiger partial charge in [-0.3, -0.25) is 4.79 Å². The molecule has 2 N–H and O–H groups in total. The zero-order chi connectivity index (χ0) is 13.8. The van der Waals surface area contributed by atoms with Crippen molar-refractivity contribution in [1.29, 1.82) is 0 Å². The number of benzene rings is 1. The maximum atomic E-state index is 11.2. The number of rotatable bonds is 3. The number of oxime groups is 1. The molecule has 0 unspecified atom stereocenters. The van der Waals surface area contributed by atoms with Crippen LogP contribution in [0.1, 0.15) is 18.1 Å². The van der Waals surface area contributed by atoms with Crippen molar-refractivity contribution in [1.82, 2.24) is 0 Å². The van der Waals surface area contributed by atoms with Gasteiger partial charge in [-0.05, 0) is 6.07 Å². The molecule has 4 nitrogen and oxygen atoms in total. The molecule has 1 amide bonds. The summed E-state index contributed by atoms with van der Waals surface area (Å²) in [6.07, 6.45) is 0. The Balaban J connectivity index is 2.48. The Labute approximate surface area is 119 Å². The average Bonchev–Trinajstić information content (AvgIpc) is 2.72. The van der Waals surface area contributed by atoms with E-state index in [4.69, 9.17) is 11.6 Å². The van der Waals surface area contributed by atoms with Crippen LogP contribution in [-0.4, -0.2) is 16.8 Å². The van der Waals surface area contributed by atoms with Gasteiger partial charge < -0.3 is 10.5 Å². The molecule has 0 spiro atoms. The number of amides is 1. The van der Waals surface area contributed by atoms with Crippen molar-refractivity contribution in [3.05, 3.63) is 51.9 Å². The summed E-state index contributed by atoms with van der Waals surface area (Å²) in [7, 11) is 0. The molecule has 98 valence electrons. The van der Waals surface area contributed by atoms with E-state index < -0.39 is 0 Å². The molecule has 0 saturated carbocycles. The van der Waals surface area contributed by atoms with Crippen LogP contribution in [-0.2, 0) is 4.79 Å². The second-order valence-corrected chi connectivity index (χ2v) is 5.47. The zero-order valence-corrected chi connectivity index (χ0v) is 11.6. The lowest BCUT2D eigenvalue weighted by atomic mass is 10.0. The monoisotopic (exact) mass is 294 g/mol. The fraction of sp³-hybridized carbons (Fsp3) is 0.0769. The lowest BCUT2D eigenvalue weighted by molar-refractivity contribution is -0.114. The third-order valence-electron chi connectivity index (χ3n) is 2.39. The van der Waals surface area contributed by atoms with Crippen molar-refractivity contribution in [3.8, 4) is 0 Å². The number of hydrogen-bond donors (Lipinski definition) is 2. The van der Waals surface area contributed by atoms with Gasteiger partial charge in [0.05, 0.1) is 4.34 Å². The fourth-order valence-corrected chi connectivity index (χ4v) is 2.83. The normalized spacial score (nSPS) is 11.4. The molecule has 0 aliphatic heterocycles. The number of hydrogen-bond acceptors (Lipinski definition) is 4. The van der Waals surface area contributed by atoms with Crippen LogP contribution in [0.5, 0.6) is 0 Å². The number of nitrogens with one attached hydrogen (secondary N) is 1. The van der Waals surface area contributed by atoms with Crippen molar-refractivity contribution in [3.63, 3.8) is 0 Å². The van der Waals surface area contributed by atoms with Gasteiger partial charge in [-0.2, -0.15) is 0 Å². The highest BCUT2D eigenvalue weighted by molar-refractivity contribution is 7.20. The Hall–Kier alpha value is -1.85. The summed E-state index contributed by atoms with van der Waals surface area (Å²) < 4.78 is 0.510. The summed E-state index contributed by atoms with van der Waals surface area (Å²) in [5, 5.41) is 15.8. The molecule has 0 atom stereocenters. The molecule has 1 aromatic carbocycles. The summed E-state index contributed by atoms with van der Waals surface area (Å²) in [6, 6.07) is 10.9. The highest BCUT2D eigenvalue weighted by Crippen LogP contribution is 2.33. The number of halogens is 1. The molecule has 19 heavy (non-hydrogen) atoms. The lowest BCUT2D eigenvalue weighted by Crippen LogP contribution is -2.10. The van der Waals surface area contributed by atoms with Gasteiger partial charge in [0, 0.05) is 18.1 Å². The number of carbonyl (C=O) groups is 1. The van der Waals surface area contributed by atoms with Gasteiger partial charge in [-0.25, -0.2) is 0 Å². The molecular formula is C13H11ClN2O2S. The molecule has 6 heteroatoms. The minimum absolute atomic E-state index is 0.204. The van der Waals surface area contributed by atoms with Crippen LogP contribution in [0.3, 0.4) is 0 Å². The van der Waals surface area contributed by atoms with E-state index in [1.165, 1.54) is 18.3 Å². The lowest BCUT2D eigenvalue weighted by Gasteiger charge is -2.06. The Morgan fingerprint density at radius 2 is 2.05 bits per heavy atom. The topological polar surface area (TPSA) is 61.7 Å². The standard InChI is InChI=1S/C13H11ClN2O2S/c1-8(17)15-13-10(7-11(14)19-13)12(16-18)9-5-3-2-4-6-9/h2-7,18H,1H3,(H,15,17)/b16-12+. The average molecular weight is 295 g/mol. The van der Waals surface area contributed by atoms with Crippen LogP contribution in [0.25, 0.3) is 0 Å². The molecule has 0 fully saturated rings. The third kappa shape index (κ3) is 3.13.